The fourth-order valence-corrected chi connectivity index (χ4v) is 4.65. The average molecular weight is 448 g/mol. The predicted octanol–water partition coefficient (Wildman–Crippen LogP) is 3.79. The lowest BCUT2D eigenvalue weighted by molar-refractivity contribution is 0.0903. The number of anilines is 2. The summed E-state index contributed by atoms with van der Waals surface area (Å²) in [6, 6.07) is 12.0. The van der Waals surface area contributed by atoms with Gasteiger partial charge in [0.1, 0.15) is 29.2 Å². The van der Waals surface area contributed by atoms with Crippen LogP contribution in [0.4, 0.5) is 16.0 Å². The smallest absolute Gasteiger partial charge is 0.160 e. The molecule has 0 bridgehead atoms. The first kappa shape index (κ1) is 20.3. The van der Waals surface area contributed by atoms with E-state index in [0.717, 1.165) is 65.8 Å². The number of hydrogen-bond donors (Lipinski definition) is 1. The molecule has 0 unspecified atom stereocenters. The molecule has 0 amide bonds. The molecule has 170 valence electrons. The highest BCUT2D eigenvalue weighted by Gasteiger charge is 2.25. The van der Waals surface area contributed by atoms with Gasteiger partial charge in [0.25, 0.3) is 0 Å². The lowest BCUT2D eigenvalue weighted by atomic mass is 10.1. The maximum atomic E-state index is 13.9. The number of nitrogens with one attached hydrogen (secondary N) is 1. The first-order valence-electron chi connectivity index (χ1n) is 11.5. The van der Waals surface area contributed by atoms with Crippen LogP contribution in [0.3, 0.4) is 0 Å². The number of benzene rings is 1. The van der Waals surface area contributed by atoms with Crippen LogP contribution < -0.4 is 10.2 Å². The Labute approximate surface area is 190 Å². The second kappa shape index (κ2) is 8.22. The number of nitrogens with zero attached hydrogens (tertiary/aromatic N) is 6. The van der Waals surface area contributed by atoms with Crippen LogP contribution in [0.2, 0.25) is 0 Å². The Bertz CT molecular complexity index is 1320. The minimum Gasteiger partial charge on any atom is -0.381 e. The van der Waals surface area contributed by atoms with Gasteiger partial charge in [-0.15, -0.1) is 0 Å². The highest BCUT2D eigenvalue weighted by Crippen LogP contribution is 2.29. The van der Waals surface area contributed by atoms with Gasteiger partial charge in [-0.05, 0) is 38.3 Å². The SMILES string of the molecule is Cc1nc2ccccc2nc1-c1cc2nc(N3CC[C@@H](F)C3)cc(NC3CCOCC3)n2n1. The number of hydrogen-bond acceptors (Lipinski definition) is 7. The van der Waals surface area contributed by atoms with Gasteiger partial charge in [-0.2, -0.15) is 9.61 Å². The third-order valence-electron chi connectivity index (χ3n) is 6.43. The number of alkyl halides is 1. The van der Waals surface area contributed by atoms with E-state index in [-0.39, 0.29) is 0 Å². The predicted molar refractivity (Wildman–Crippen MR) is 125 cm³/mol. The summed E-state index contributed by atoms with van der Waals surface area (Å²) in [5.74, 6) is 1.62. The van der Waals surface area contributed by atoms with Crippen molar-refractivity contribution >= 4 is 28.3 Å². The van der Waals surface area contributed by atoms with E-state index in [1.165, 1.54) is 0 Å². The van der Waals surface area contributed by atoms with Gasteiger partial charge in [0.2, 0.25) is 0 Å². The number of aryl methyl sites for hydroxylation is 1. The van der Waals surface area contributed by atoms with Crippen molar-refractivity contribution < 1.29 is 9.13 Å². The molecule has 0 spiro atoms. The van der Waals surface area contributed by atoms with Crippen molar-refractivity contribution in [1.82, 2.24) is 24.6 Å². The number of para-hydroxylation sites is 2. The van der Waals surface area contributed by atoms with Crippen molar-refractivity contribution in [3.05, 3.63) is 42.1 Å². The lowest BCUT2D eigenvalue weighted by Crippen LogP contribution is -2.29. The zero-order valence-corrected chi connectivity index (χ0v) is 18.5. The third-order valence-corrected chi connectivity index (χ3v) is 6.43. The van der Waals surface area contributed by atoms with Crippen LogP contribution in [0.25, 0.3) is 28.1 Å². The second-order valence-electron chi connectivity index (χ2n) is 8.81. The molecule has 33 heavy (non-hydrogen) atoms. The number of aromatic nitrogens is 5. The topological polar surface area (TPSA) is 80.5 Å². The van der Waals surface area contributed by atoms with Crippen LogP contribution in [0.1, 0.15) is 25.0 Å². The van der Waals surface area contributed by atoms with Gasteiger partial charge in [0, 0.05) is 37.9 Å². The molecule has 6 rings (SSSR count). The van der Waals surface area contributed by atoms with E-state index in [2.05, 4.69) is 5.32 Å². The maximum Gasteiger partial charge on any atom is 0.160 e. The van der Waals surface area contributed by atoms with Crippen LogP contribution in [-0.4, -0.2) is 63.1 Å². The summed E-state index contributed by atoms with van der Waals surface area (Å²) in [7, 11) is 0. The molecule has 8 nitrogen and oxygen atoms in total. The molecule has 1 N–H and O–H groups in total. The highest BCUT2D eigenvalue weighted by atomic mass is 19.1. The molecular weight excluding hydrogens is 421 g/mol. The highest BCUT2D eigenvalue weighted by molar-refractivity contribution is 5.78. The van der Waals surface area contributed by atoms with Crippen molar-refractivity contribution in [2.24, 2.45) is 0 Å². The van der Waals surface area contributed by atoms with Crippen LogP contribution in [-0.2, 0) is 4.74 Å². The molecule has 0 saturated carbocycles. The van der Waals surface area contributed by atoms with Gasteiger partial charge in [0.05, 0.1) is 23.3 Å². The Balaban J connectivity index is 1.45. The minimum absolute atomic E-state index is 0.291. The quantitative estimate of drug-likeness (QED) is 0.510. The van der Waals surface area contributed by atoms with Crippen molar-refractivity contribution in [3.63, 3.8) is 0 Å². The van der Waals surface area contributed by atoms with E-state index in [1.54, 1.807) is 0 Å². The van der Waals surface area contributed by atoms with E-state index in [9.17, 15) is 4.39 Å². The van der Waals surface area contributed by atoms with Crippen molar-refractivity contribution in [2.75, 3.05) is 36.5 Å². The van der Waals surface area contributed by atoms with E-state index >= 15 is 0 Å². The molecule has 1 atom stereocenters. The molecule has 2 aliphatic rings. The Hall–Kier alpha value is -3.33. The Kier molecular flexibility index (Phi) is 5.05. The molecule has 1 aromatic carbocycles. The standard InChI is InChI=1S/C24H26FN7O/c1-15-24(28-19-5-3-2-4-18(19)26-15)20-12-22-29-21(31-9-6-16(25)14-31)13-23(32(22)30-20)27-17-7-10-33-11-8-17/h2-5,12-13,16-17,27H,6-11,14H2,1H3/t16-/m1/s1. The summed E-state index contributed by atoms with van der Waals surface area (Å²) < 4.78 is 21.3. The summed E-state index contributed by atoms with van der Waals surface area (Å²) in [5.41, 5.74) is 4.66. The van der Waals surface area contributed by atoms with Crippen LogP contribution in [0.15, 0.2) is 36.4 Å². The molecule has 0 radical (unpaired) electrons. The van der Waals surface area contributed by atoms with Gasteiger partial charge >= 0.3 is 0 Å². The van der Waals surface area contributed by atoms with Gasteiger partial charge < -0.3 is 15.0 Å². The first-order valence-corrected chi connectivity index (χ1v) is 11.5. The summed E-state index contributed by atoms with van der Waals surface area (Å²) in [6.45, 7) is 4.47. The largest absolute Gasteiger partial charge is 0.381 e. The summed E-state index contributed by atoms with van der Waals surface area (Å²) in [4.78, 5) is 16.4. The number of halogens is 1. The number of ether oxygens (including phenoxy) is 1. The zero-order chi connectivity index (χ0) is 22.4. The van der Waals surface area contributed by atoms with Crippen LogP contribution >= 0.6 is 0 Å². The molecule has 9 heteroatoms. The van der Waals surface area contributed by atoms with Crippen molar-refractivity contribution in [2.45, 2.75) is 38.4 Å². The third kappa shape index (κ3) is 3.86. The molecule has 2 fully saturated rings. The van der Waals surface area contributed by atoms with Crippen LogP contribution in [0.5, 0.6) is 0 Å². The van der Waals surface area contributed by atoms with Crippen molar-refractivity contribution in [3.8, 4) is 11.4 Å². The molecule has 2 aliphatic heterocycles. The van der Waals surface area contributed by atoms with Gasteiger partial charge in [-0.3, -0.25) is 0 Å². The molecular formula is C24H26FN7O. The fraction of sp³-hybridized carbons (Fsp3) is 0.417. The van der Waals surface area contributed by atoms with E-state index in [0.29, 0.717) is 31.2 Å². The second-order valence-corrected chi connectivity index (χ2v) is 8.81. The van der Waals surface area contributed by atoms with E-state index < -0.39 is 6.17 Å². The van der Waals surface area contributed by atoms with E-state index in [4.69, 9.17) is 24.8 Å². The van der Waals surface area contributed by atoms with Gasteiger partial charge in [-0.25, -0.2) is 19.3 Å². The van der Waals surface area contributed by atoms with E-state index in [1.807, 2.05) is 52.7 Å². The summed E-state index contributed by atoms with van der Waals surface area (Å²) in [6.07, 6.45) is 1.58. The minimum atomic E-state index is -0.814. The molecule has 2 saturated heterocycles. The first-order chi connectivity index (χ1) is 16.1. The normalized spacial score (nSPS) is 19.6. The van der Waals surface area contributed by atoms with Crippen LogP contribution in [0, 0.1) is 6.92 Å². The Morgan fingerprint density at radius 2 is 1.82 bits per heavy atom. The number of fused-ring (bicyclic) bond motifs is 2. The van der Waals surface area contributed by atoms with Crippen molar-refractivity contribution in [1.29, 1.82) is 0 Å². The Morgan fingerprint density at radius 3 is 2.58 bits per heavy atom. The lowest BCUT2D eigenvalue weighted by Gasteiger charge is -2.25. The van der Waals surface area contributed by atoms with Gasteiger partial charge in [0.15, 0.2) is 5.65 Å². The zero-order valence-electron chi connectivity index (χ0n) is 18.5. The summed E-state index contributed by atoms with van der Waals surface area (Å²) in [5, 5.41) is 8.50. The number of rotatable bonds is 4. The average Bonchev–Trinajstić information content (AvgIpc) is 3.45. The molecule has 4 aromatic rings. The van der Waals surface area contributed by atoms with Gasteiger partial charge in [-0.1, -0.05) is 12.1 Å². The summed E-state index contributed by atoms with van der Waals surface area (Å²) >= 11 is 0. The molecule has 5 heterocycles. The molecule has 0 aliphatic carbocycles. The molecule has 3 aromatic heterocycles. The Morgan fingerprint density at radius 1 is 1.03 bits per heavy atom. The maximum absolute atomic E-state index is 13.9. The fourth-order valence-electron chi connectivity index (χ4n) is 4.65. The monoisotopic (exact) mass is 447 g/mol.